The Morgan fingerprint density at radius 2 is 1.89 bits per heavy atom. The first-order valence-corrected chi connectivity index (χ1v) is 13.4. The van der Waals surface area contributed by atoms with Gasteiger partial charge in [0.05, 0.1) is 17.9 Å². The number of amides is 1. The van der Waals surface area contributed by atoms with Gasteiger partial charge >= 0.3 is 0 Å². The number of aliphatic hydroxyl groups is 1. The molecule has 0 aromatic carbocycles. The normalized spacial score (nSPS) is 18.4. The Morgan fingerprint density at radius 1 is 1.16 bits per heavy atom. The molecule has 0 spiro atoms. The number of ether oxygens (including phenoxy) is 1. The molecule has 12 heteroatoms. The van der Waals surface area contributed by atoms with E-state index >= 15 is 0 Å². The van der Waals surface area contributed by atoms with E-state index in [1.54, 1.807) is 37.4 Å². The molecule has 0 aliphatic carbocycles. The number of carbonyl (C=O) groups is 1. The van der Waals surface area contributed by atoms with Crippen molar-refractivity contribution < 1.29 is 23.1 Å². The molecule has 0 bridgehead atoms. The molecule has 4 heterocycles. The maximum absolute atomic E-state index is 13.3. The number of nitrogens with two attached hydrogens (primary N) is 1. The summed E-state index contributed by atoms with van der Waals surface area (Å²) in [4.78, 5) is 28.2. The van der Waals surface area contributed by atoms with Gasteiger partial charge in [0.25, 0.3) is 15.9 Å². The highest BCUT2D eigenvalue weighted by atomic mass is 32.2. The molecule has 37 heavy (non-hydrogen) atoms. The minimum Gasteiger partial charge on any atom is -0.472 e. The van der Waals surface area contributed by atoms with E-state index in [0.29, 0.717) is 23.0 Å². The zero-order valence-electron chi connectivity index (χ0n) is 20.8. The van der Waals surface area contributed by atoms with Gasteiger partial charge in [-0.25, -0.2) is 19.7 Å². The van der Waals surface area contributed by atoms with Crippen LogP contribution < -0.4 is 20.1 Å². The molecule has 3 atom stereocenters. The number of aromatic nitrogens is 3. The summed E-state index contributed by atoms with van der Waals surface area (Å²) in [6.45, 7) is 5.69. The van der Waals surface area contributed by atoms with Crippen LogP contribution in [0, 0.1) is 0 Å². The Labute approximate surface area is 215 Å². The molecule has 4 rings (SSSR count). The summed E-state index contributed by atoms with van der Waals surface area (Å²) in [7, 11) is -4.26. The molecule has 196 valence electrons. The van der Waals surface area contributed by atoms with Crippen LogP contribution in [0.15, 0.2) is 53.7 Å². The SMILES string of the molecule is CC(CO)Oc1ccc(-c2ccc(C(=O)NS(=O)(=O)c3cccc(N)n3)c(N3[C@H](C)CC[C@@H]3C)n2)cn1. The third kappa shape index (κ3) is 5.81. The van der Waals surface area contributed by atoms with Crippen LogP contribution in [0.3, 0.4) is 0 Å². The molecule has 3 aromatic heterocycles. The fourth-order valence-electron chi connectivity index (χ4n) is 4.25. The van der Waals surface area contributed by atoms with E-state index < -0.39 is 22.0 Å². The summed E-state index contributed by atoms with van der Waals surface area (Å²) in [5, 5.41) is 8.83. The Hall–Kier alpha value is -3.77. The fraction of sp³-hybridized carbons (Fsp3) is 0.360. The molecular formula is C25H30N6O5S. The largest absolute Gasteiger partial charge is 0.472 e. The smallest absolute Gasteiger partial charge is 0.281 e. The van der Waals surface area contributed by atoms with Crippen LogP contribution in [0.1, 0.15) is 44.0 Å². The van der Waals surface area contributed by atoms with Crippen molar-refractivity contribution in [3.8, 4) is 17.1 Å². The minimum absolute atomic E-state index is 0.0256. The molecule has 1 amide bonds. The molecule has 11 nitrogen and oxygen atoms in total. The summed E-state index contributed by atoms with van der Waals surface area (Å²) in [5.41, 5.74) is 6.99. The standard InChI is InChI=1S/C25H30N6O5S/c1-15-7-8-16(2)31(15)24-19(25(33)30-37(34,35)23-6-4-5-21(26)29-23)10-11-20(28-24)18-9-12-22(27-13-18)36-17(3)14-32/h4-6,9-13,15-17,32H,7-8,14H2,1-3H3,(H2,26,29)(H,30,33)/t15-,16+,17?. The van der Waals surface area contributed by atoms with Gasteiger partial charge in [0.15, 0.2) is 5.03 Å². The highest BCUT2D eigenvalue weighted by Crippen LogP contribution is 2.33. The average Bonchev–Trinajstić information content (AvgIpc) is 3.21. The minimum atomic E-state index is -4.26. The van der Waals surface area contributed by atoms with Crippen LogP contribution in [0.2, 0.25) is 0 Å². The highest BCUT2D eigenvalue weighted by Gasteiger charge is 2.33. The number of carbonyl (C=O) groups excluding carboxylic acids is 1. The van der Waals surface area contributed by atoms with Crippen LogP contribution in [0.4, 0.5) is 11.6 Å². The Bertz CT molecular complexity index is 1370. The second kappa shape index (κ2) is 10.7. The average molecular weight is 527 g/mol. The summed E-state index contributed by atoms with van der Waals surface area (Å²) in [6, 6.07) is 11.0. The third-order valence-corrected chi connectivity index (χ3v) is 7.41. The summed E-state index contributed by atoms with van der Waals surface area (Å²) < 4.78 is 33.3. The molecule has 1 aliphatic heterocycles. The topological polar surface area (TPSA) is 161 Å². The van der Waals surface area contributed by atoms with Crippen LogP contribution in [-0.4, -0.2) is 59.2 Å². The number of pyridine rings is 3. The van der Waals surface area contributed by atoms with Crippen molar-refractivity contribution in [2.75, 3.05) is 17.2 Å². The zero-order valence-corrected chi connectivity index (χ0v) is 21.6. The summed E-state index contributed by atoms with van der Waals surface area (Å²) in [5.74, 6) is -0.0387. The predicted molar refractivity (Wildman–Crippen MR) is 139 cm³/mol. The molecular weight excluding hydrogens is 496 g/mol. The van der Waals surface area contributed by atoms with Crippen LogP contribution in [0.5, 0.6) is 5.88 Å². The van der Waals surface area contributed by atoms with E-state index in [-0.39, 0.29) is 35.1 Å². The van der Waals surface area contributed by atoms with Crippen molar-refractivity contribution in [1.82, 2.24) is 19.7 Å². The van der Waals surface area contributed by atoms with Gasteiger partial charge in [-0.2, -0.15) is 8.42 Å². The highest BCUT2D eigenvalue weighted by molar-refractivity contribution is 7.90. The maximum atomic E-state index is 13.3. The van der Waals surface area contributed by atoms with Crippen LogP contribution >= 0.6 is 0 Å². The molecule has 0 radical (unpaired) electrons. The Morgan fingerprint density at radius 3 is 2.51 bits per heavy atom. The van der Waals surface area contributed by atoms with Crippen molar-refractivity contribution >= 4 is 27.6 Å². The lowest BCUT2D eigenvalue weighted by molar-refractivity contribution is 0.0981. The monoisotopic (exact) mass is 526 g/mol. The first-order chi connectivity index (χ1) is 17.6. The van der Waals surface area contributed by atoms with E-state index in [1.807, 2.05) is 18.7 Å². The van der Waals surface area contributed by atoms with Gasteiger partial charge in [-0.3, -0.25) is 4.79 Å². The van der Waals surface area contributed by atoms with Crippen molar-refractivity contribution in [3.63, 3.8) is 0 Å². The number of sulfonamides is 1. The number of hydrogen-bond acceptors (Lipinski definition) is 10. The summed E-state index contributed by atoms with van der Waals surface area (Å²) in [6.07, 6.45) is 3.03. The van der Waals surface area contributed by atoms with E-state index in [0.717, 1.165) is 12.8 Å². The number of rotatable bonds is 8. The number of nitrogens with one attached hydrogen (secondary N) is 1. The first kappa shape index (κ1) is 26.3. The van der Waals surface area contributed by atoms with Gasteiger partial charge < -0.3 is 20.5 Å². The van der Waals surface area contributed by atoms with Gasteiger partial charge in [-0.1, -0.05) is 6.07 Å². The van der Waals surface area contributed by atoms with E-state index in [4.69, 9.17) is 15.5 Å². The Balaban J connectivity index is 1.69. The lowest BCUT2D eigenvalue weighted by Gasteiger charge is -2.29. The maximum Gasteiger partial charge on any atom is 0.281 e. The lowest BCUT2D eigenvalue weighted by atomic mass is 10.1. The number of aliphatic hydroxyl groups excluding tert-OH is 1. The fourth-order valence-corrected chi connectivity index (χ4v) is 5.19. The number of anilines is 2. The second-order valence-electron chi connectivity index (χ2n) is 9.08. The van der Waals surface area contributed by atoms with Gasteiger partial charge in [0.1, 0.15) is 17.7 Å². The van der Waals surface area contributed by atoms with Crippen molar-refractivity contribution in [3.05, 3.63) is 54.2 Å². The molecule has 4 N–H and O–H groups in total. The quantitative estimate of drug-likeness (QED) is 0.397. The molecule has 1 saturated heterocycles. The lowest BCUT2D eigenvalue weighted by Crippen LogP contribution is -2.37. The molecule has 1 aliphatic rings. The van der Waals surface area contributed by atoms with Crippen molar-refractivity contribution in [2.45, 2.75) is 56.8 Å². The van der Waals surface area contributed by atoms with Crippen molar-refractivity contribution in [1.29, 1.82) is 0 Å². The van der Waals surface area contributed by atoms with Gasteiger partial charge in [-0.05, 0) is 63.9 Å². The van der Waals surface area contributed by atoms with Gasteiger partial charge in [0, 0.05) is 29.9 Å². The van der Waals surface area contributed by atoms with E-state index in [9.17, 15) is 18.3 Å². The molecule has 3 aromatic rings. The third-order valence-electron chi connectivity index (χ3n) is 6.17. The number of nitrogen functional groups attached to an aromatic ring is 1. The zero-order chi connectivity index (χ0) is 26.7. The van der Waals surface area contributed by atoms with Crippen LogP contribution in [0.25, 0.3) is 11.3 Å². The van der Waals surface area contributed by atoms with E-state index in [1.165, 1.54) is 18.2 Å². The second-order valence-corrected chi connectivity index (χ2v) is 10.7. The molecule has 0 saturated carbocycles. The van der Waals surface area contributed by atoms with Gasteiger partial charge in [-0.15, -0.1) is 0 Å². The number of hydrogen-bond donors (Lipinski definition) is 3. The molecule has 1 unspecified atom stereocenters. The Kier molecular flexibility index (Phi) is 7.60. The molecule has 1 fully saturated rings. The summed E-state index contributed by atoms with van der Waals surface area (Å²) >= 11 is 0. The van der Waals surface area contributed by atoms with Gasteiger partial charge in [0.2, 0.25) is 5.88 Å². The van der Waals surface area contributed by atoms with E-state index in [2.05, 4.69) is 14.7 Å². The van der Waals surface area contributed by atoms with Crippen LogP contribution in [-0.2, 0) is 10.0 Å². The van der Waals surface area contributed by atoms with Crippen molar-refractivity contribution in [2.24, 2.45) is 0 Å². The predicted octanol–water partition coefficient (Wildman–Crippen LogP) is 2.38. The number of nitrogens with zero attached hydrogens (tertiary/aromatic N) is 4. The first-order valence-electron chi connectivity index (χ1n) is 11.9.